The first-order valence-corrected chi connectivity index (χ1v) is 4.62. The summed E-state index contributed by atoms with van der Waals surface area (Å²) in [4.78, 5) is 0. The molecule has 0 aromatic heterocycles. The number of rotatable bonds is 2. The summed E-state index contributed by atoms with van der Waals surface area (Å²) in [6, 6.07) is 1.38. The van der Waals surface area contributed by atoms with Crippen LogP contribution in [-0.2, 0) is 6.54 Å². The molecule has 0 fully saturated rings. The van der Waals surface area contributed by atoms with E-state index >= 15 is 0 Å². The number of hydrogen-bond donors (Lipinski definition) is 1. The van der Waals surface area contributed by atoms with Crippen molar-refractivity contribution in [1.82, 2.24) is 0 Å². The average molecular weight is 248 g/mol. The van der Waals surface area contributed by atoms with E-state index in [2.05, 4.69) is 15.9 Å². The van der Waals surface area contributed by atoms with Crippen LogP contribution in [0.1, 0.15) is 11.1 Å². The Hall–Kier alpha value is -0.610. The Morgan fingerprint density at radius 1 is 1.62 bits per heavy atom. The van der Waals surface area contributed by atoms with E-state index in [0.717, 1.165) is 0 Å². The lowest BCUT2D eigenvalue weighted by Gasteiger charge is -2.12. The van der Waals surface area contributed by atoms with Crippen LogP contribution in [0.5, 0.6) is 5.75 Å². The number of hydrogen-bond acceptors (Lipinski definition) is 2. The normalized spacial score (nSPS) is 10.2. The summed E-state index contributed by atoms with van der Waals surface area (Å²) in [5.74, 6) is 0.342. The molecule has 4 heteroatoms. The second-order valence-electron chi connectivity index (χ2n) is 2.68. The van der Waals surface area contributed by atoms with E-state index in [4.69, 9.17) is 10.5 Å². The Kier molecular flexibility index (Phi) is 3.27. The number of halogens is 2. The lowest BCUT2D eigenvalue weighted by molar-refractivity contribution is 0.405. The number of methoxy groups -OCH3 is 1. The first-order chi connectivity index (χ1) is 6.11. The van der Waals surface area contributed by atoms with E-state index in [1.165, 1.54) is 13.2 Å². The van der Waals surface area contributed by atoms with Crippen molar-refractivity contribution in [3.8, 4) is 5.75 Å². The highest BCUT2D eigenvalue weighted by molar-refractivity contribution is 9.10. The maximum Gasteiger partial charge on any atom is 0.137 e. The van der Waals surface area contributed by atoms with Crippen molar-refractivity contribution >= 4 is 15.9 Å². The Bertz CT molecular complexity index is 328. The van der Waals surface area contributed by atoms with E-state index in [0.29, 0.717) is 21.3 Å². The molecular formula is C9H11BrFNO. The topological polar surface area (TPSA) is 35.2 Å². The minimum atomic E-state index is -0.270. The summed E-state index contributed by atoms with van der Waals surface area (Å²) >= 11 is 3.21. The molecule has 1 aromatic carbocycles. The lowest BCUT2D eigenvalue weighted by Crippen LogP contribution is -2.04. The average Bonchev–Trinajstić information content (AvgIpc) is 2.10. The molecule has 1 rings (SSSR count). The van der Waals surface area contributed by atoms with Crippen molar-refractivity contribution < 1.29 is 9.13 Å². The van der Waals surface area contributed by atoms with Crippen LogP contribution in [0.2, 0.25) is 0 Å². The van der Waals surface area contributed by atoms with Gasteiger partial charge in [0.2, 0.25) is 0 Å². The van der Waals surface area contributed by atoms with Crippen molar-refractivity contribution in [1.29, 1.82) is 0 Å². The summed E-state index contributed by atoms with van der Waals surface area (Å²) in [7, 11) is 1.54. The summed E-state index contributed by atoms with van der Waals surface area (Å²) < 4.78 is 18.9. The highest BCUT2D eigenvalue weighted by Gasteiger charge is 2.13. The summed E-state index contributed by atoms with van der Waals surface area (Å²) in [6.07, 6.45) is 0. The van der Waals surface area contributed by atoms with Gasteiger partial charge in [-0.3, -0.25) is 0 Å². The predicted molar refractivity (Wildman–Crippen MR) is 53.3 cm³/mol. The summed E-state index contributed by atoms with van der Waals surface area (Å²) in [5.41, 5.74) is 6.74. The molecule has 0 radical (unpaired) electrons. The zero-order valence-electron chi connectivity index (χ0n) is 7.53. The van der Waals surface area contributed by atoms with Crippen molar-refractivity contribution in [2.45, 2.75) is 13.5 Å². The number of ether oxygens (including phenoxy) is 1. The molecule has 0 amide bonds. The third kappa shape index (κ3) is 1.84. The molecule has 2 N–H and O–H groups in total. The SMILES string of the molecule is COc1c(Br)cc(F)c(C)c1CN. The number of nitrogens with two attached hydrogens (primary N) is 1. The zero-order chi connectivity index (χ0) is 10.0. The van der Waals surface area contributed by atoms with Gasteiger partial charge in [0.1, 0.15) is 11.6 Å². The van der Waals surface area contributed by atoms with E-state index in [1.807, 2.05) is 0 Å². The molecule has 0 spiro atoms. The van der Waals surface area contributed by atoms with Crippen molar-refractivity contribution in [3.63, 3.8) is 0 Å². The third-order valence-electron chi connectivity index (χ3n) is 1.96. The molecule has 0 atom stereocenters. The fraction of sp³-hybridized carbons (Fsp3) is 0.333. The van der Waals surface area contributed by atoms with Gasteiger partial charge in [-0.1, -0.05) is 0 Å². The van der Waals surface area contributed by atoms with Crippen molar-refractivity contribution in [2.75, 3.05) is 7.11 Å². The smallest absolute Gasteiger partial charge is 0.137 e. The van der Waals surface area contributed by atoms with Crippen molar-refractivity contribution in [2.24, 2.45) is 5.73 Å². The van der Waals surface area contributed by atoms with Crippen LogP contribution in [0.15, 0.2) is 10.5 Å². The predicted octanol–water partition coefficient (Wildman–Crippen LogP) is 2.36. The van der Waals surface area contributed by atoms with Gasteiger partial charge in [0, 0.05) is 12.1 Å². The van der Waals surface area contributed by atoms with Crippen LogP contribution in [0, 0.1) is 12.7 Å². The zero-order valence-corrected chi connectivity index (χ0v) is 9.11. The first-order valence-electron chi connectivity index (χ1n) is 3.83. The Morgan fingerprint density at radius 2 is 2.23 bits per heavy atom. The quantitative estimate of drug-likeness (QED) is 0.871. The van der Waals surface area contributed by atoms with Gasteiger partial charge in [0.05, 0.1) is 11.6 Å². The second kappa shape index (κ2) is 4.07. The number of benzene rings is 1. The van der Waals surface area contributed by atoms with Crippen LogP contribution < -0.4 is 10.5 Å². The van der Waals surface area contributed by atoms with Gasteiger partial charge in [-0.05, 0) is 34.5 Å². The molecule has 72 valence electrons. The minimum absolute atomic E-state index is 0.269. The molecule has 13 heavy (non-hydrogen) atoms. The summed E-state index contributed by atoms with van der Waals surface area (Å²) in [6.45, 7) is 1.96. The van der Waals surface area contributed by atoms with Crippen LogP contribution >= 0.6 is 15.9 Å². The minimum Gasteiger partial charge on any atom is -0.495 e. The lowest BCUT2D eigenvalue weighted by atomic mass is 10.1. The van der Waals surface area contributed by atoms with Gasteiger partial charge in [0.15, 0.2) is 0 Å². The molecule has 0 unspecified atom stereocenters. The summed E-state index contributed by atoms with van der Waals surface area (Å²) in [5, 5.41) is 0. The van der Waals surface area contributed by atoms with Gasteiger partial charge < -0.3 is 10.5 Å². The molecule has 2 nitrogen and oxygen atoms in total. The third-order valence-corrected chi connectivity index (χ3v) is 2.55. The van der Waals surface area contributed by atoms with Gasteiger partial charge in [-0.2, -0.15) is 0 Å². The molecule has 0 saturated carbocycles. The van der Waals surface area contributed by atoms with Gasteiger partial charge >= 0.3 is 0 Å². The highest BCUT2D eigenvalue weighted by Crippen LogP contribution is 2.32. The molecule has 0 aliphatic heterocycles. The van der Waals surface area contributed by atoms with E-state index < -0.39 is 0 Å². The van der Waals surface area contributed by atoms with Crippen molar-refractivity contribution in [3.05, 3.63) is 27.5 Å². The molecular weight excluding hydrogens is 237 g/mol. The Balaban J connectivity index is 3.41. The largest absolute Gasteiger partial charge is 0.495 e. The van der Waals surface area contributed by atoms with Crippen LogP contribution in [0.4, 0.5) is 4.39 Å². The second-order valence-corrected chi connectivity index (χ2v) is 3.54. The monoisotopic (exact) mass is 247 g/mol. The van der Waals surface area contributed by atoms with E-state index in [1.54, 1.807) is 6.92 Å². The van der Waals surface area contributed by atoms with Gasteiger partial charge in [-0.25, -0.2) is 4.39 Å². The van der Waals surface area contributed by atoms with Gasteiger partial charge in [-0.15, -0.1) is 0 Å². The van der Waals surface area contributed by atoms with E-state index in [9.17, 15) is 4.39 Å². The molecule has 0 aliphatic carbocycles. The fourth-order valence-electron chi connectivity index (χ4n) is 1.21. The molecule has 0 heterocycles. The molecule has 1 aromatic rings. The Morgan fingerprint density at radius 3 is 2.69 bits per heavy atom. The molecule has 0 aliphatic rings. The standard InChI is InChI=1S/C9H11BrFNO/c1-5-6(4-12)9(13-2)7(10)3-8(5)11/h3H,4,12H2,1-2H3. The maximum atomic E-state index is 13.2. The fourth-order valence-corrected chi connectivity index (χ4v) is 1.81. The molecule has 0 bridgehead atoms. The molecule has 0 saturated heterocycles. The Labute approximate surface area is 85.0 Å². The van der Waals surface area contributed by atoms with E-state index in [-0.39, 0.29) is 12.4 Å². The van der Waals surface area contributed by atoms with Gasteiger partial charge in [0.25, 0.3) is 0 Å². The van der Waals surface area contributed by atoms with Crippen LogP contribution in [0.25, 0.3) is 0 Å². The van der Waals surface area contributed by atoms with Crippen LogP contribution in [0.3, 0.4) is 0 Å². The first kappa shape index (κ1) is 10.5. The van der Waals surface area contributed by atoms with Crippen LogP contribution in [-0.4, -0.2) is 7.11 Å². The highest BCUT2D eigenvalue weighted by atomic mass is 79.9. The maximum absolute atomic E-state index is 13.2.